The Morgan fingerprint density at radius 3 is 2.64 bits per heavy atom. The van der Waals surface area contributed by atoms with Crippen molar-refractivity contribution in [3.8, 4) is 0 Å². The second-order valence-corrected chi connectivity index (χ2v) is 6.05. The highest BCUT2D eigenvalue weighted by molar-refractivity contribution is 5.92. The molecule has 0 N–H and O–H groups in total. The van der Waals surface area contributed by atoms with Crippen LogP contribution in [0, 0.1) is 13.8 Å². The largest absolute Gasteiger partial charge is 0.336 e. The normalized spacial score (nSPS) is 11.0. The molecule has 0 fully saturated rings. The van der Waals surface area contributed by atoms with Crippen LogP contribution in [0.3, 0.4) is 0 Å². The van der Waals surface area contributed by atoms with E-state index in [1.807, 2.05) is 30.8 Å². The monoisotopic (exact) mass is 341 g/mol. The zero-order valence-electron chi connectivity index (χ0n) is 15.0. The molecule has 0 aliphatic carbocycles. The van der Waals surface area contributed by atoms with Gasteiger partial charge in [0.2, 0.25) is 0 Å². The maximum atomic E-state index is 12.7. The van der Waals surface area contributed by atoms with Crippen LogP contribution in [-0.4, -0.2) is 47.2 Å². The average molecular weight is 341 g/mol. The van der Waals surface area contributed by atoms with Crippen LogP contribution in [0.1, 0.15) is 34.4 Å². The van der Waals surface area contributed by atoms with Gasteiger partial charge >= 0.3 is 0 Å². The summed E-state index contributed by atoms with van der Waals surface area (Å²) in [6.07, 6.45) is 5.35. The van der Waals surface area contributed by atoms with Crippen molar-refractivity contribution in [2.75, 3.05) is 7.05 Å². The molecule has 1 amide bonds. The molecule has 8 heteroatoms. The van der Waals surface area contributed by atoms with Gasteiger partial charge in [-0.15, -0.1) is 0 Å². The van der Waals surface area contributed by atoms with Crippen LogP contribution >= 0.6 is 0 Å². The first-order chi connectivity index (χ1) is 12.0. The molecule has 0 bridgehead atoms. The number of rotatable bonds is 6. The summed E-state index contributed by atoms with van der Waals surface area (Å²) in [6, 6.07) is 3.59. The highest BCUT2D eigenvalue weighted by Gasteiger charge is 2.19. The van der Waals surface area contributed by atoms with E-state index in [9.17, 15) is 4.79 Å². The summed E-state index contributed by atoms with van der Waals surface area (Å²) >= 11 is 0. The van der Waals surface area contributed by atoms with Crippen molar-refractivity contribution in [1.29, 1.82) is 0 Å². The first-order valence-electron chi connectivity index (χ1n) is 8.28. The van der Waals surface area contributed by atoms with Crippen LogP contribution < -0.4 is 0 Å². The Morgan fingerprint density at radius 2 is 2.00 bits per heavy atom. The minimum Gasteiger partial charge on any atom is -0.336 e. The molecule has 0 saturated heterocycles. The molecule has 3 aromatic rings. The number of nitrogens with zero attached hydrogens (tertiary/aromatic N) is 7. The van der Waals surface area contributed by atoms with Gasteiger partial charge in [0.1, 0.15) is 12.4 Å². The molecule has 0 radical (unpaired) electrons. The van der Waals surface area contributed by atoms with Crippen molar-refractivity contribution < 1.29 is 4.79 Å². The predicted molar refractivity (Wildman–Crippen MR) is 93.0 cm³/mol. The third kappa shape index (κ3) is 3.47. The molecule has 3 heterocycles. The second kappa shape index (κ2) is 6.92. The molecule has 0 spiro atoms. The Kier molecular flexibility index (Phi) is 4.69. The van der Waals surface area contributed by atoms with Crippen molar-refractivity contribution >= 4 is 5.91 Å². The van der Waals surface area contributed by atoms with Crippen LogP contribution in [0.2, 0.25) is 0 Å². The Balaban J connectivity index is 1.70. The SMILES string of the molecule is CCn1nc(C)c(CN(C)C(=O)c2ccn(Cn3cccn3)n2)c1C. The van der Waals surface area contributed by atoms with E-state index in [4.69, 9.17) is 0 Å². The molecule has 0 aliphatic rings. The Bertz CT molecular complexity index is 860. The first-order valence-corrected chi connectivity index (χ1v) is 8.28. The van der Waals surface area contributed by atoms with Crippen LogP contribution in [0.25, 0.3) is 0 Å². The van der Waals surface area contributed by atoms with Gasteiger partial charge in [-0.05, 0) is 32.9 Å². The topological polar surface area (TPSA) is 73.8 Å². The van der Waals surface area contributed by atoms with E-state index < -0.39 is 0 Å². The summed E-state index contributed by atoms with van der Waals surface area (Å²) in [4.78, 5) is 14.3. The lowest BCUT2D eigenvalue weighted by Crippen LogP contribution is -2.27. The second-order valence-electron chi connectivity index (χ2n) is 6.05. The smallest absolute Gasteiger partial charge is 0.274 e. The number of aryl methyl sites for hydroxylation is 2. The van der Waals surface area contributed by atoms with E-state index in [0.29, 0.717) is 18.9 Å². The van der Waals surface area contributed by atoms with E-state index in [1.54, 1.807) is 39.8 Å². The highest BCUT2D eigenvalue weighted by atomic mass is 16.2. The van der Waals surface area contributed by atoms with Gasteiger partial charge in [0, 0.05) is 50.0 Å². The maximum Gasteiger partial charge on any atom is 0.274 e. The number of hydrogen-bond acceptors (Lipinski definition) is 4. The van der Waals surface area contributed by atoms with Crippen molar-refractivity contribution in [2.45, 2.75) is 40.5 Å². The summed E-state index contributed by atoms with van der Waals surface area (Å²) in [5.74, 6) is -0.109. The van der Waals surface area contributed by atoms with Gasteiger partial charge in [-0.1, -0.05) is 0 Å². The third-order valence-corrected chi connectivity index (χ3v) is 4.28. The van der Waals surface area contributed by atoms with Gasteiger partial charge in [-0.3, -0.25) is 18.8 Å². The van der Waals surface area contributed by atoms with E-state index in [0.717, 1.165) is 23.5 Å². The lowest BCUT2D eigenvalue weighted by Gasteiger charge is -2.16. The number of amides is 1. The fraction of sp³-hybridized carbons (Fsp3) is 0.412. The van der Waals surface area contributed by atoms with E-state index in [1.165, 1.54) is 0 Å². The van der Waals surface area contributed by atoms with Gasteiger partial charge in [-0.2, -0.15) is 15.3 Å². The molecule has 132 valence electrons. The van der Waals surface area contributed by atoms with E-state index in [2.05, 4.69) is 22.2 Å². The summed E-state index contributed by atoms with van der Waals surface area (Å²) in [6.45, 7) is 7.89. The van der Waals surface area contributed by atoms with Gasteiger partial charge in [0.05, 0.1) is 5.69 Å². The van der Waals surface area contributed by atoms with Crippen molar-refractivity contribution in [1.82, 2.24) is 34.2 Å². The molecule has 3 rings (SSSR count). The summed E-state index contributed by atoms with van der Waals surface area (Å²) in [5, 5.41) is 13.0. The van der Waals surface area contributed by atoms with Crippen LogP contribution in [-0.2, 0) is 19.8 Å². The number of aromatic nitrogens is 6. The fourth-order valence-electron chi connectivity index (χ4n) is 2.86. The minimum atomic E-state index is -0.109. The third-order valence-electron chi connectivity index (χ3n) is 4.28. The minimum absolute atomic E-state index is 0.109. The van der Waals surface area contributed by atoms with Crippen molar-refractivity contribution in [2.24, 2.45) is 0 Å². The number of carbonyl (C=O) groups is 1. The molecule has 0 atom stereocenters. The lowest BCUT2D eigenvalue weighted by atomic mass is 10.2. The Labute approximate surface area is 146 Å². The predicted octanol–water partition coefficient (Wildman–Crippen LogP) is 1.69. The van der Waals surface area contributed by atoms with Crippen LogP contribution in [0.4, 0.5) is 0 Å². The van der Waals surface area contributed by atoms with Gasteiger partial charge in [0.25, 0.3) is 5.91 Å². The molecular weight excluding hydrogens is 318 g/mol. The van der Waals surface area contributed by atoms with Crippen LogP contribution in [0.5, 0.6) is 0 Å². The summed E-state index contributed by atoms with van der Waals surface area (Å²) < 4.78 is 5.40. The maximum absolute atomic E-state index is 12.7. The molecule has 25 heavy (non-hydrogen) atoms. The zero-order chi connectivity index (χ0) is 18.0. The van der Waals surface area contributed by atoms with E-state index in [-0.39, 0.29) is 5.91 Å². The van der Waals surface area contributed by atoms with Gasteiger partial charge in [0.15, 0.2) is 0 Å². The summed E-state index contributed by atoms with van der Waals surface area (Å²) in [5.41, 5.74) is 3.58. The number of carbonyl (C=O) groups excluding carboxylic acids is 1. The van der Waals surface area contributed by atoms with Gasteiger partial charge in [-0.25, -0.2) is 0 Å². The molecule has 0 aromatic carbocycles. The fourth-order valence-corrected chi connectivity index (χ4v) is 2.86. The first kappa shape index (κ1) is 16.9. The molecule has 0 unspecified atom stereocenters. The lowest BCUT2D eigenvalue weighted by molar-refractivity contribution is 0.0777. The van der Waals surface area contributed by atoms with Crippen LogP contribution in [0.15, 0.2) is 30.7 Å². The number of hydrogen-bond donors (Lipinski definition) is 0. The van der Waals surface area contributed by atoms with Crippen molar-refractivity contribution in [3.63, 3.8) is 0 Å². The zero-order valence-corrected chi connectivity index (χ0v) is 15.0. The average Bonchev–Trinajstić information content (AvgIpc) is 3.32. The molecule has 3 aromatic heterocycles. The molecular formula is C17H23N7O. The Morgan fingerprint density at radius 1 is 1.20 bits per heavy atom. The van der Waals surface area contributed by atoms with E-state index >= 15 is 0 Å². The van der Waals surface area contributed by atoms with Gasteiger partial charge < -0.3 is 4.90 Å². The summed E-state index contributed by atoms with van der Waals surface area (Å²) in [7, 11) is 1.79. The quantitative estimate of drug-likeness (QED) is 0.684. The Hall–Kier alpha value is -2.90. The highest BCUT2D eigenvalue weighted by Crippen LogP contribution is 2.16. The molecule has 0 saturated carbocycles. The van der Waals surface area contributed by atoms with Crippen molar-refractivity contribution in [3.05, 3.63) is 53.4 Å². The molecule has 0 aliphatic heterocycles. The standard InChI is InChI=1S/C17H23N7O/c1-5-24-14(3)15(13(2)19-24)11-21(4)17(25)16-7-10-23(20-16)12-22-9-6-8-18-22/h6-10H,5,11-12H2,1-4H3. The molecule has 8 nitrogen and oxygen atoms in total.